The van der Waals surface area contributed by atoms with Crippen molar-refractivity contribution < 1.29 is 14.6 Å². The Morgan fingerprint density at radius 2 is 2.00 bits per heavy atom. The van der Waals surface area contributed by atoms with Crippen LogP contribution in [0.15, 0.2) is 24.3 Å². The number of carbonyl (C=O) groups excluding carboxylic acids is 1. The Kier molecular flexibility index (Phi) is 2.82. The van der Waals surface area contributed by atoms with Gasteiger partial charge in [-0.1, -0.05) is 6.61 Å². The van der Waals surface area contributed by atoms with Crippen molar-refractivity contribution in [3.63, 3.8) is 0 Å². The molecule has 0 saturated heterocycles. The highest BCUT2D eigenvalue weighted by atomic mass is 16.5. The summed E-state index contributed by atoms with van der Waals surface area (Å²) < 4.78 is 4.89. The fourth-order valence-electron chi connectivity index (χ4n) is 0.860. The molecule has 0 aliphatic rings. The second-order valence-electron chi connectivity index (χ2n) is 2.30. The third-order valence-corrected chi connectivity index (χ3v) is 1.54. The monoisotopic (exact) mass is 165 g/mol. The van der Waals surface area contributed by atoms with Crippen molar-refractivity contribution in [3.8, 4) is 5.75 Å². The topological polar surface area (TPSA) is 49.4 Å². The standard InChI is InChI=1S/C9H9O3/c1-12-8-4-2-7(3-5-8)9(11)6-10/h2-5H,6H2,1H3/q-1. The zero-order chi connectivity index (χ0) is 8.97. The van der Waals surface area contributed by atoms with Crippen LogP contribution in [0.5, 0.6) is 5.75 Å². The van der Waals surface area contributed by atoms with E-state index in [1.165, 1.54) is 0 Å². The first-order chi connectivity index (χ1) is 5.77. The summed E-state index contributed by atoms with van der Waals surface area (Å²) in [5.41, 5.74) is 0.436. The van der Waals surface area contributed by atoms with E-state index in [1.54, 1.807) is 31.4 Å². The number of carbonyl (C=O) groups is 1. The van der Waals surface area contributed by atoms with Gasteiger partial charge in [-0.15, -0.1) is 0 Å². The van der Waals surface area contributed by atoms with E-state index in [0.717, 1.165) is 0 Å². The zero-order valence-electron chi connectivity index (χ0n) is 6.74. The lowest BCUT2D eigenvalue weighted by atomic mass is 10.1. The number of benzene rings is 1. The molecule has 0 N–H and O–H groups in total. The Labute approximate surface area is 70.6 Å². The van der Waals surface area contributed by atoms with Crippen LogP contribution < -0.4 is 9.84 Å². The molecule has 1 aromatic rings. The fraction of sp³-hybridized carbons (Fsp3) is 0.222. The second-order valence-corrected chi connectivity index (χ2v) is 2.30. The Morgan fingerprint density at radius 3 is 2.42 bits per heavy atom. The van der Waals surface area contributed by atoms with Gasteiger partial charge in [0, 0.05) is 5.56 Å². The van der Waals surface area contributed by atoms with E-state index >= 15 is 0 Å². The fourth-order valence-corrected chi connectivity index (χ4v) is 0.860. The van der Waals surface area contributed by atoms with Gasteiger partial charge >= 0.3 is 0 Å². The van der Waals surface area contributed by atoms with Crippen molar-refractivity contribution in [2.75, 3.05) is 13.7 Å². The number of rotatable bonds is 3. The van der Waals surface area contributed by atoms with Crippen molar-refractivity contribution >= 4 is 5.78 Å². The molecule has 0 heterocycles. The molecule has 1 rings (SSSR count). The molecule has 0 aromatic heterocycles. The lowest BCUT2D eigenvalue weighted by Crippen LogP contribution is -2.17. The molecule has 1 aromatic carbocycles. The minimum atomic E-state index is -0.702. The summed E-state index contributed by atoms with van der Waals surface area (Å²) in [7, 11) is 1.55. The summed E-state index contributed by atoms with van der Waals surface area (Å²) in [6, 6.07) is 6.48. The van der Waals surface area contributed by atoms with E-state index in [1.807, 2.05) is 0 Å². The van der Waals surface area contributed by atoms with Gasteiger partial charge in [-0.3, -0.25) is 4.79 Å². The van der Waals surface area contributed by atoms with Crippen molar-refractivity contribution in [2.24, 2.45) is 0 Å². The van der Waals surface area contributed by atoms with E-state index in [-0.39, 0.29) is 0 Å². The predicted octanol–water partition coefficient (Wildman–Crippen LogP) is 0.238. The third kappa shape index (κ3) is 1.83. The number of methoxy groups -OCH3 is 1. The maximum atomic E-state index is 10.9. The van der Waals surface area contributed by atoms with Gasteiger partial charge in [0.25, 0.3) is 0 Å². The summed E-state index contributed by atoms with van der Waals surface area (Å²) in [6.07, 6.45) is 0. The maximum absolute atomic E-state index is 10.9. The molecule has 0 radical (unpaired) electrons. The molecule has 0 saturated carbocycles. The molecular weight excluding hydrogens is 156 g/mol. The van der Waals surface area contributed by atoms with Gasteiger partial charge in [-0.2, -0.15) is 0 Å². The first-order valence-electron chi connectivity index (χ1n) is 3.53. The summed E-state index contributed by atoms with van der Waals surface area (Å²) in [5.74, 6) is 0.287. The van der Waals surface area contributed by atoms with Crippen molar-refractivity contribution in [3.05, 3.63) is 29.8 Å². The molecular formula is C9H9O3-. The van der Waals surface area contributed by atoms with Gasteiger partial charge in [-0.05, 0) is 24.3 Å². The molecule has 0 amide bonds. The predicted molar refractivity (Wildman–Crippen MR) is 42.2 cm³/mol. The van der Waals surface area contributed by atoms with E-state index in [9.17, 15) is 9.90 Å². The summed E-state index contributed by atoms with van der Waals surface area (Å²) in [4.78, 5) is 10.9. The van der Waals surface area contributed by atoms with E-state index < -0.39 is 12.4 Å². The first kappa shape index (κ1) is 8.74. The highest BCUT2D eigenvalue weighted by Gasteiger charge is 1.98. The molecule has 0 bridgehead atoms. The number of ether oxygens (including phenoxy) is 1. The van der Waals surface area contributed by atoms with Crippen LogP contribution in [0.4, 0.5) is 0 Å². The number of Topliss-reactive ketones (excluding diaryl/α,β-unsaturated/α-hetero) is 1. The number of hydrogen-bond donors (Lipinski definition) is 0. The summed E-state index contributed by atoms with van der Waals surface area (Å²) in [5, 5.41) is 10.2. The van der Waals surface area contributed by atoms with Gasteiger partial charge < -0.3 is 9.84 Å². The van der Waals surface area contributed by atoms with Crippen LogP contribution in [0.2, 0.25) is 0 Å². The Balaban J connectivity index is 2.84. The van der Waals surface area contributed by atoms with Gasteiger partial charge in [0.1, 0.15) is 11.5 Å². The average molecular weight is 165 g/mol. The van der Waals surface area contributed by atoms with Gasteiger partial charge in [0.2, 0.25) is 0 Å². The number of ketones is 1. The lowest BCUT2D eigenvalue weighted by Gasteiger charge is -2.03. The Hall–Kier alpha value is -1.35. The summed E-state index contributed by atoms with van der Waals surface area (Å²) in [6.45, 7) is -0.702. The van der Waals surface area contributed by atoms with Crippen LogP contribution in [0.1, 0.15) is 10.4 Å². The minimum Gasteiger partial charge on any atom is -0.849 e. The van der Waals surface area contributed by atoms with Crippen LogP contribution in [0, 0.1) is 0 Å². The SMILES string of the molecule is COc1ccc(C(=O)C[O-])cc1. The average Bonchev–Trinajstić information content (AvgIpc) is 2.17. The Morgan fingerprint density at radius 1 is 1.42 bits per heavy atom. The molecule has 64 valence electrons. The van der Waals surface area contributed by atoms with E-state index in [4.69, 9.17) is 4.74 Å². The lowest BCUT2D eigenvalue weighted by molar-refractivity contribution is -0.349. The van der Waals surface area contributed by atoms with Crippen LogP contribution in [-0.4, -0.2) is 19.5 Å². The molecule has 0 aliphatic carbocycles. The maximum Gasteiger partial charge on any atom is 0.146 e. The molecule has 3 heteroatoms. The van der Waals surface area contributed by atoms with Gasteiger partial charge in [-0.25, -0.2) is 0 Å². The van der Waals surface area contributed by atoms with Gasteiger partial charge in [0.05, 0.1) is 7.11 Å². The molecule has 0 atom stereocenters. The molecule has 0 aliphatic heterocycles. The smallest absolute Gasteiger partial charge is 0.146 e. The molecule has 0 fully saturated rings. The Bertz CT molecular complexity index is 264. The van der Waals surface area contributed by atoms with Crippen LogP contribution in [-0.2, 0) is 0 Å². The van der Waals surface area contributed by atoms with E-state index in [0.29, 0.717) is 11.3 Å². The van der Waals surface area contributed by atoms with Crippen LogP contribution >= 0.6 is 0 Å². The molecule has 0 unspecified atom stereocenters. The largest absolute Gasteiger partial charge is 0.849 e. The zero-order valence-corrected chi connectivity index (χ0v) is 6.74. The van der Waals surface area contributed by atoms with Crippen molar-refractivity contribution in [1.82, 2.24) is 0 Å². The van der Waals surface area contributed by atoms with Gasteiger partial charge in [0.15, 0.2) is 0 Å². The molecule has 0 spiro atoms. The second kappa shape index (κ2) is 3.88. The highest BCUT2D eigenvalue weighted by Crippen LogP contribution is 2.10. The van der Waals surface area contributed by atoms with Crippen LogP contribution in [0.3, 0.4) is 0 Å². The minimum absolute atomic E-state index is 0.391. The summed E-state index contributed by atoms with van der Waals surface area (Å²) >= 11 is 0. The van der Waals surface area contributed by atoms with Crippen LogP contribution in [0.25, 0.3) is 0 Å². The first-order valence-corrected chi connectivity index (χ1v) is 3.53. The quantitative estimate of drug-likeness (QED) is 0.603. The number of hydrogen-bond acceptors (Lipinski definition) is 3. The van der Waals surface area contributed by atoms with Crippen molar-refractivity contribution in [1.29, 1.82) is 0 Å². The normalized spacial score (nSPS) is 9.50. The third-order valence-electron chi connectivity index (χ3n) is 1.54. The molecule has 12 heavy (non-hydrogen) atoms. The van der Waals surface area contributed by atoms with E-state index in [2.05, 4.69) is 0 Å². The van der Waals surface area contributed by atoms with Crippen molar-refractivity contribution in [2.45, 2.75) is 0 Å². The molecule has 3 nitrogen and oxygen atoms in total. The highest BCUT2D eigenvalue weighted by molar-refractivity contribution is 5.96.